The highest BCUT2D eigenvalue weighted by molar-refractivity contribution is 7.91. The predicted molar refractivity (Wildman–Crippen MR) is 72.3 cm³/mol. The zero-order chi connectivity index (χ0) is 13.2. The Kier molecular flexibility index (Phi) is 4.67. The summed E-state index contributed by atoms with van der Waals surface area (Å²) in [4.78, 5) is 0. The van der Waals surface area contributed by atoms with E-state index in [1.54, 1.807) is 0 Å². The molecule has 18 heavy (non-hydrogen) atoms. The molecule has 5 heteroatoms. The lowest BCUT2D eigenvalue weighted by Crippen LogP contribution is -2.50. The summed E-state index contributed by atoms with van der Waals surface area (Å²) >= 11 is 0. The molecule has 0 saturated heterocycles. The zero-order valence-corrected chi connectivity index (χ0v) is 12.0. The van der Waals surface area contributed by atoms with Crippen LogP contribution in [0.5, 0.6) is 0 Å². The Labute approximate surface area is 110 Å². The van der Waals surface area contributed by atoms with E-state index in [0.29, 0.717) is 6.04 Å². The number of rotatable bonds is 3. The second-order valence-electron chi connectivity index (χ2n) is 5.93. The molecule has 0 heterocycles. The van der Waals surface area contributed by atoms with E-state index >= 15 is 0 Å². The van der Waals surface area contributed by atoms with E-state index in [0.717, 1.165) is 51.4 Å². The Morgan fingerprint density at radius 3 is 2.22 bits per heavy atom. The van der Waals surface area contributed by atoms with Gasteiger partial charge in [0.2, 0.25) is 0 Å². The highest BCUT2D eigenvalue weighted by Gasteiger charge is 2.34. The number of sulfone groups is 1. The van der Waals surface area contributed by atoms with Crippen LogP contribution < -0.4 is 5.32 Å². The van der Waals surface area contributed by atoms with Crippen molar-refractivity contribution in [2.45, 2.75) is 74.8 Å². The van der Waals surface area contributed by atoms with Gasteiger partial charge in [-0.15, -0.1) is 0 Å². The summed E-state index contributed by atoms with van der Waals surface area (Å²) < 4.78 is 23.6. The van der Waals surface area contributed by atoms with Crippen LogP contribution in [0.4, 0.5) is 0 Å². The summed E-state index contributed by atoms with van der Waals surface area (Å²) in [6.45, 7) is 0. The molecule has 0 aromatic rings. The van der Waals surface area contributed by atoms with E-state index in [2.05, 4.69) is 5.32 Å². The van der Waals surface area contributed by atoms with Crippen LogP contribution in [-0.4, -0.2) is 43.2 Å². The molecular weight excluding hydrogens is 250 g/mol. The van der Waals surface area contributed by atoms with Gasteiger partial charge in [-0.05, 0) is 38.5 Å². The van der Waals surface area contributed by atoms with Crippen LogP contribution in [0.3, 0.4) is 0 Å². The van der Waals surface area contributed by atoms with Gasteiger partial charge in [-0.3, -0.25) is 0 Å². The van der Waals surface area contributed by atoms with E-state index in [9.17, 15) is 13.5 Å². The maximum atomic E-state index is 11.8. The summed E-state index contributed by atoms with van der Waals surface area (Å²) in [5, 5.41) is 12.8. The first-order chi connectivity index (χ1) is 8.47. The van der Waals surface area contributed by atoms with E-state index < -0.39 is 9.84 Å². The lowest BCUT2D eigenvalue weighted by atomic mass is 9.89. The molecule has 2 saturated carbocycles. The third-order valence-electron chi connectivity index (χ3n) is 4.40. The minimum atomic E-state index is -2.95. The van der Waals surface area contributed by atoms with E-state index in [1.165, 1.54) is 6.26 Å². The lowest BCUT2D eigenvalue weighted by molar-refractivity contribution is 0.112. The highest BCUT2D eigenvalue weighted by Crippen LogP contribution is 2.26. The molecule has 2 aliphatic rings. The van der Waals surface area contributed by atoms with Crippen molar-refractivity contribution in [2.24, 2.45) is 0 Å². The van der Waals surface area contributed by atoms with Gasteiger partial charge in [0.15, 0.2) is 9.84 Å². The van der Waals surface area contributed by atoms with E-state index in [4.69, 9.17) is 0 Å². The van der Waals surface area contributed by atoms with Crippen molar-refractivity contribution in [3.05, 3.63) is 0 Å². The molecule has 2 unspecified atom stereocenters. The van der Waals surface area contributed by atoms with Gasteiger partial charge in [0, 0.05) is 18.3 Å². The molecule has 0 radical (unpaired) electrons. The second-order valence-corrected chi connectivity index (χ2v) is 8.20. The molecule has 106 valence electrons. The average Bonchev–Trinajstić information content (AvgIpc) is 2.31. The number of hydrogen-bond donors (Lipinski definition) is 2. The van der Waals surface area contributed by atoms with E-state index in [-0.39, 0.29) is 17.4 Å². The fourth-order valence-electron chi connectivity index (χ4n) is 3.35. The summed E-state index contributed by atoms with van der Waals surface area (Å²) in [5.41, 5.74) is 0. The van der Waals surface area contributed by atoms with Crippen LogP contribution >= 0.6 is 0 Å². The smallest absolute Gasteiger partial charge is 0.151 e. The second kappa shape index (κ2) is 5.88. The Bertz CT molecular complexity index is 360. The van der Waals surface area contributed by atoms with Crippen LogP contribution in [-0.2, 0) is 9.84 Å². The highest BCUT2D eigenvalue weighted by atomic mass is 32.2. The van der Waals surface area contributed by atoms with Crippen molar-refractivity contribution in [3.8, 4) is 0 Å². The average molecular weight is 275 g/mol. The quantitative estimate of drug-likeness (QED) is 0.813. The van der Waals surface area contributed by atoms with Crippen molar-refractivity contribution in [2.75, 3.05) is 6.26 Å². The first-order valence-electron chi connectivity index (χ1n) is 7.10. The van der Waals surface area contributed by atoms with Gasteiger partial charge in [0.05, 0.1) is 11.4 Å². The Hall–Kier alpha value is -0.130. The number of nitrogens with one attached hydrogen (secondary N) is 1. The lowest BCUT2D eigenvalue weighted by Gasteiger charge is -2.36. The van der Waals surface area contributed by atoms with Gasteiger partial charge >= 0.3 is 0 Å². The Balaban J connectivity index is 1.93. The molecule has 4 nitrogen and oxygen atoms in total. The topological polar surface area (TPSA) is 66.4 Å². The third-order valence-corrected chi connectivity index (χ3v) is 6.06. The molecule has 2 rings (SSSR count). The van der Waals surface area contributed by atoms with Crippen molar-refractivity contribution >= 4 is 9.84 Å². The first-order valence-corrected chi connectivity index (χ1v) is 9.05. The van der Waals surface area contributed by atoms with Gasteiger partial charge in [-0.25, -0.2) is 8.42 Å². The van der Waals surface area contributed by atoms with Gasteiger partial charge in [-0.2, -0.15) is 0 Å². The Morgan fingerprint density at radius 1 is 1.00 bits per heavy atom. The monoisotopic (exact) mass is 275 g/mol. The van der Waals surface area contributed by atoms with Crippen LogP contribution in [0.15, 0.2) is 0 Å². The fraction of sp³-hybridized carbons (Fsp3) is 1.00. The standard InChI is InChI=1S/C13H25NO3S/c1-18(16,17)13-5-3-2-4-12(13)14-10-6-8-11(15)9-7-10/h10-15H,2-9H2,1H3. The van der Waals surface area contributed by atoms with E-state index in [1.807, 2.05) is 0 Å². The third kappa shape index (κ3) is 3.68. The molecule has 0 bridgehead atoms. The summed E-state index contributed by atoms with van der Waals surface area (Å²) in [6.07, 6.45) is 8.74. The van der Waals surface area contributed by atoms with Crippen LogP contribution in [0.2, 0.25) is 0 Å². The van der Waals surface area contributed by atoms with Gasteiger partial charge in [0.25, 0.3) is 0 Å². The van der Waals surface area contributed by atoms with Crippen molar-refractivity contribution < 1.29 is 13.5 Å². The molecule has 0 aliphatic heterocycles. The molecular formula is C13H25NO3S. The number of hydrogen-bond acceptors (Lipinski definition) is 4. The summed E-state index contributed by atoms with van der Waals surface area (Å²) in [6, 6.07) is 0.509. The van der Waals surface area contributed by atoms with Crippen molar-refractivity contribution in [1.29, 1.82) is 0 Å². The van der Waals surface area contributed by atoms with Crippen molar-refractivity contribution in [1.82, 2.24) is 5.32 Å². The number of aliphatic hydroxyl groups is 1. The minimum absolute atomic E-state index is 0.119. The van der Waals surface area contributed by atoms with Gasteiger partial charge in [0.1, 0.15) is 0 Å². The summed E-state index contributed by atoms with van der Waals surface area (Å²) in [7, 11) is -2.95. The maximum Gasteiger partial charge on any atom is 0.151 e. The molecule has 0 spiro atoms. The van der Waals surface area contributed by atoms with Crippen LogP contribution in [0.25, 0.3) is 0 Å². The van der Waals surface area contributed by atoms with Crippen LogP contribution in [0, 0.1) is 0 Å². The zero-order valence-electron chi connectivity index (χ0n) is 11.1. The predicted octanol–water partition coefficient (Wildman–Crippen LogP) is 1.24. The molecule has 0 aromatic carbocycles. The molecule has 0 amide bonds. The molecule has 2 fully saturated rings. The molecule has 2 atom stereocenters. The van der Waals surface area contributed by atoms with Crippen molar-refractivity contribution in [3.63, 3.8) is 0 Å². The maximum absolute atomic E-state index is 11.8. The van der Waals surface area contributed by atoms with Gasteiger partial charge in [-0.1, -0.05) is 12.8 Å². The molecule has 0 aromatic heterocycles. The molecule has 2 aliphatic carbocycles. The first kappa shape index (κ1) is 14.3. The molecule has 2 N–H and O–H groups in total. The van der Waals surface area contributed by atoms with Crippen LogP contribution in [0.1, 0.15) is 51.4 Å². The fourth-order valence-corrected chi connectivity index (χ4v) is 4.75. The Morgan fingerprint density at radius 2 is 1.61 bits per heavy atom. The SMILES string of the molecule is CS(=O)(=O)C1CCCCC1NC1CCC(O)CC1. The normalized spacial score (nSPS) is 38.6. The van der Waals surface area contributed by atoms with Gasteiger partial charge < -0.3 is 10.4 Å². The largest absolute Gasteiger partial charge is 0.393 e. The number of aliphatic hydroxyl groups excluding tert-OH is 1. The summed E-state index contributed by atoms with van der Waals surface area (Å²) in [5.74, 6) is 0. The minimum Gasteiger partial charge on any atom is -0.393 e.